The predicted octanol–water partition coefficient (Wildman–Crippen LogP) is 4.42. The van der Waals surface area contributed by atoms with E-state index in [1.807, 2.05) is 48.5 Å². The van der Waals surface area contributed by atoms with Gasteiger partial charge in [-0.1, -0.05) is 61.2 Å². The third-order valence-corrected chi connectivity index (χ3v) is 7.15. The molecule has 0 bridgehead atoms. The molecule has 0 aromatic heterocycles. The first-order valence-corrected chi connectivity index (χ1v) is 14.2. The monoisotopic (exact) mass is 584 g/mol. The van der Waals surface area contributed by atoms with E-state index in [1.54, 1.807) is 20.8 Å². The normalized spacial score (nSPS) is 13.6. The molecule has 2 aromatic carbocycles. The highest BCUT2D eigenvalue weighted by atomic mass is 32.2. The van der Waals surface area contributed by atoms with Crippen molar-refractivity contribution in [3.05, 3.63) is 72.3 Å². The second-order valence-electron chi connectivity index (χ2n) is 10.2. The third-order valence-electron chi connectivity index (χ3n) is 6.01. The van der Waals surface area contributed by atoms with E-state index in [9.17, 15) is 19.2 Å². The first kappa shape index (κ1) is 31.5. The van der Waals surface area contributed by atoms with Crippen LogP contribution in [0, 0.1) is 0 Å². The highest BCUT2D eigenvalue weighted by Gasteiger charge is 2.31. The molecule has 1 aliphatic rings. The van der Waals surface area contributed by atoms with E-state index in [4.69, 9.17) is 18.9 Å². The predicted molar refractivity (Wildman–Crippen MR) is 156 cm³/mol. The molecule has 0 radical (unpaired) electrons. The molecule has 0 aliphatic heterocycles. The number of rotatable bonds is 12. The van der Waals surface area contributed by atoms with Crippen LogP contribution in [0.1, 0.15) is 37.8 Å². The Morgan fingerprint density at radius 3 is 1.95 bits per heavy atom. The lowest BCUT2D eigenvalue weighted by Crippen LogP contribution is -2.47. The summed E-state index contributed by atoms with van der Waals surface area (Å²) < 4.78 is 20.7. The minimum atomic E-state index is -1.09. The lowest BCUT2D eigenvalue weighted by Gasteiger charge is -2.23. The third kappa shape index (κ3) is 9.01. The van der Waals surface area contributed by atoms with Crippen LogP contribution in [0.15, 0.2) is 61.2 Å². The highest BCUT2D eigenvalue weighted by Crippen LogP contribution is 2.44. The summed E-state index contributed by atoms with van der Waals surface area (Å²) in [4.78, 5) is 49.9. The van der Waals surface area contributed by atoms with Gasteiger partial charge in [0.25, 0.3) is 0 Å². The standard InChI is InChI=1S/C30H36N2O8S/c1-6-15-38-27(34)25(18-41-17-24(26(33)37-5)32-29(36)40-30(2,3)4)31-28(35)39-16-23-21-13-9-7-11-19(21)20-12-8-10-14-22(20)23/h6-14,23-25H,1,15-18H2,2-5H3,(H,31,35)(H,32,36)/t24-,25-/m0/s1. The minimum Gasteiger partial charge on any atom is -0.467 e. The van der Waals surface area contributed by atoms with Crippen molar-refractivity contribution in [3.63, 3.8) is 0 Å². The first-order valence-electron chi connectivity index (χ1n) is 13.1. The molecule has 3 rings (SSSR count). The molecule has 10 nitrogen and oxygen atoms in total. The quantitative estimate of drug-likeness (QED) is 0.212. The second kappa shape index (κ2) is 14.6. The fourth-order valence-corrected chi connectivity index (χ4v) is 5.30. The van der Waals surface area contributed by atoms with Crippen LogP contribution in [-0.4, -0.2) is 73.6 Å². The van der Waals surface area contributed by atoms with Crippen LogP contribution < -0.4 is 10.6 Å². The number of hydrogen-bond donors (Lipinski definition) is 2. The Balaban J connectivity index is 1.61. The number of esters is 2. The molecule has 0 unspecified atom stereocenters. The molecule has 0 fully saturated rings. The molecule has 41 heavy (non-hydrogen) atoms. The van der Waals surface area contributed by atoms with Crippen molar-refractivity contribution in [1.82, 2.24) is 10.6 Å². The van der Waals surface area contributed by atoms with Crippen molar-refractivity contribution in [2.75, 3.05) is 31.8 Å². The molecular formula is C30H36N2O8S. The maximum atomic E-state index is 12.8. The van der Waals surface area contributed by atoms with Gasteiger partial charge in [0.1, 0.15) is 30.9 Å². The Hall–Kier alpha value is -3.99. The maximum Gasteiger partial charge on any atom is 0.408 e. The number of methoxy groups -OCH3 is 1. The number of thioether (sulfide) groups is 1. The first-order chi connectivity index (χ1) is 19.5. The highest BCUT2D eigenvalue weighted by molar-refractivity contribution is 7.99. The number of hydrogen-bond acceptors (Lipinski definition) is 9. The molecule has 2 atom stereocenters. The van der Waals surface area contributed by atoms with Crippen LogP contribution in [-0.2, 0) is 28.5 Å². The Morgan fingerprint density at radius 1 is 0.878 bits per heavy atom. The average molecular weight is 585 g/mol. The summed E-state index contributed by atoms with van der Waals surface area (Å²) >= 11 is 1.13. The van der Waals surface area contributed by atoms with Crippen LogP contribution in [0.2, 0.25) is 0 Å². The van der Waals surface area contributed by atoms with E-state index >= 15 is 0 Å². The molecule has 1 aliphatic carbocycles. The fraction of sp³-hybridized carbons (Fsp3) is 0.400. The van der Waals surface area contributed by atoms with Crippen LogP contribution >= 0.6 is 11.8 Å². The molecule has 2 aromatic rings. The van der Waals surface area contributed by atoms with E-state index in [0.717, 1.165) is 34.0 Å². The molecule has 2 amide bonds. The smallest absolute Gasteiger partial charge is 0.408 e. The summed E-state index contributed by atoms with van der Waals surface area (Å²) in [7, 11) is 1.20. The zero-order valence-electron chi connectivity index (χ0n) is 23.6. The van der Waals surface area contributed by atoms with E-state index in [-0.39, 0.29) is 30.6 Å². The Morgan fingerprint density at radius 2 is 1.41 bits per heavy atom. The summed E-state index contributed by atoms with van der Waals surface area (Å²) in [6.07, 6.45) is -0.162. The Bertz CT molecular complexity index is 1210. The Kier molecular flexibility index (Phi) is 11.2. The number of alkyl carbamates (subject to hydrolysis) is 2. The van der Waals surface area contributed by atoms with Gasteiger partial charge in [0.2, 0.25) is 0 Å². The van der Waals surface area contributed by atoms with E-state index in [0.29, 0.717) is 0 Å². The van der Waals surface area contributed by atoms with Crippen molar-refractivity contribution in [1.29, 1.82) is 0 Å². The van der Waals surface area contributed by atoms with E-state index in [2.05, 4.69) is 17.2 Å². The molecule has 0 spiro atoms. The number of carbonyl (C=O) groups excluding carboxylic acids is 4. The number of amides is 2. The topological polar surface area (TPSA) is 129 Å². The van der Waals surface area contributed by atoms with Gasteiger partial charge in [-0.05, 0) is 43.0 Å². The summed E-state index contributed by atoms with van der Waals surface area (Å²) in [5.74, 6) is -1.44. The van der Waals surface area contributed by atoms with Crippen LogP contribution in [0.5, 0.6) is 0 Å². The van der Waals surface area contributed by atoms with Gasteiger partial charge in [-0.3, -0.25) is 0 Å². The van der Waals surface area contributed by atoms with Gasteiger partial charge in [0, 0.05) is 17.4 Å². The zero-order chi connectivity index (χ0) is 30.0. The number of carbonyl (C=O) groups is 4. The zero-order valence-corrected chi connectivity index (χ0v) is 24.5. The second-order valence-corrected chi connectivity index (χ2v) is 11.3. The van der Waals surface area contributed by atoms with Gasteiger partial charge >= 0.3 is 24.1 Å². The number of fused-ring (bicyclic) bond motifs is 3. The molecule has 11 heteroatoms. The van der Waals surface area contributed by atoms with Crippen molar-refractivity contribution >= 4 is 35.9 Å². The average Bonchev–Trinajstić information content (AvgIpc) is 3.25. The molecule has 220 valence electrons. The van der Waals surface area contributed by atoms with Crippen molar-refractivity contribution in [3.8, 4) is 11.1 Å². The number of benzene rings is 2. The molecular weight excluding hydrogens is 548 g/mol. The van der Waals surface area contributed by atoms with Crippen molar-refractivity contribution in [2.24, 2.45) is 0 Å². The van der Waals surface area contributed by atoms with Gasteiger partial charge in [0.05, 0.1) is 7.11 Å². The van der Waals surface area contributed by atoms with E-state index in [1.165, 1.54) is 13.2 Å². The number of ether oxygens (including phenoxy) is 4. The fourth-order valence-electron chi connectivity index (χ4n) is 4.26. The largest absolute Gasteiger partial charge is 0.467 e. The molecule has 2 N–H and O–H groups in total. The van der Waals surface area contributed by atoms with Gasteiger partial charge < -0.3 is 29.6 Å². The molecule has 0 saturated carbocycles. The van der Waals surface area contributed by atoms with Gasteiger partial charge in [-0.15, -0.1) is 0 Å². The van der Waals surface area contributed by atoms with Crippen molar-refractivity contribution in [2.45, 2.75) is 44.4 Å². The van der Waals surface area contributed by atoms with Crippen LogP contribution in [0.25, 0.3) is 11.1 Å². The lowest BCUT2D eigenvalue weighted by molar-refractivity contribution is -0.144. The summed E-state index contributed by atoms with van der Waals surface area (Å²) in [6.45, 7) is 8.66. The number of nitrogens with one attached hydrogen (secondary N) is 2. The molecule has 0 saturated heterocycles. The van der Waals surface area contributed by atoms with Gasteiger partial charge in [-0.2, -0.15) is 11.8 Å². The molecule has 0 heterocycles. The maximum absolute atomic E-state index is 12.8. The minimum absolute atomic E-state index is 0.0314. The van der Waals surface area contributed by atoms with Gasteiger partial charge in [-0.25, -0.2) is 19.2 Å². The summed E-state index contributed by atoms with van der Waals surface area (Å²) in [5.41, 5.74) is 3.56. The van der Waals surface area contributed by atoms with Crippen LogP contribution in [0.4, 0.5) is 9.59 Å². The Labute approximate surface area is 244 Å². The summed E-state index contributed by atoms with van der Waals surface area (Å²) in [5, 5.41) is 5.04. The van der Waals surface area contributed by atoms with E-state index < -0.39 is 41.8 Å². The summed E-state index contributed by atoms with van der Waals surface area (Å²) in [6, 6.07) is 13.8. The van der Waals surface area contributed by atoms with Crippen LogP contribution in [0.3, 0.4) is 0 Å². The van der Waals surface area contributed by atoms with Crippen molar-refractivity contribution < 1.29 is 38.1 Å². The van der Waals surface area contributed by atoms with Gasteiger partial charge in [0.15, 0.2) is 0 Å². The lowest BCUT2D eigenvalue weighted by atomic mass is 9.98. The SMILES string of the molecule is C=CCOC(=O)[C@H](CSC[C@H](NC(=O)OC(C)(C)C)C(=O)OC)NC(=O)OCC1c2ccccc2-c2ccccc21.